The number of hydrogen-bond acceptors (Lipinski definition) is 3. The van der Waals surface area contributed by atoms with E-state index < -0.39 is 5.97 Å². The van der Waals surface area contributed by atoms with E-state index >= 15 is 0 Å². The lowest BCUT2D eigenvalue weighted by molar-refractivity contribution is -0.181. The second kappa shape index (κ2) is 8.34. The fourth-order valence-electron chi connectivity index (χ4n) is 11.5. The van der Waals surface area contributed by atoms with E-state index in [1.807, 2.05) is 6.08 Å². The molecule has 4 nitrogen and oxygen atoms in total. The second-order valence-corrected chi connectivity index (χ2v) is 14.9. The minimum absolute atomic E-state index is 0.0639. The highest BCUT2D eigenvalue weighted by Gasteiger charge is 2.82. The Hall–Kier alpha value is -1.32. The van der Waals surface area contributed by atoms with Crippen LogP contribution >= 0.6 is 0 Å². The SMILES string of the molecule is CC(=O)OC1CCC23CC24CCC2(C)C(C(C)CCC=C(C)C(=O)O)CCC2(C)C4CCC3C1(C)C. The molecule has 202 valence electrons. The highest BCUT2D eigenvalue weighted by molar-refractivity contribution is 5.85. The minimum atomic E-state index is -0.792. The van der Waals surface area contributed by atoms with E-state index in [0.29, 0.717) is 39.1 Å². The van der Waals surface area contributed by atoms with Gasteiger partial charge in [-0.3, -0.25) is 4.79 Å². The molecule has 0 heterocycles. The molecule has 4 heteroatoms. The van der Waals surface area contributed by atoms with E-state index in [0.717, 1.165) is 31.1 Å². The highest BCUT2D eigenvalue weighted by atomic mass is 16.5. The largest absolute Gasteiger partial charge is 0.478 e. The topological polar surface area (TPSA) is 63.6 Å². The molecule has 0 radical (unpaired) electrons. The number of carboxylic acids is 1. The number of esters is 1. The monoisotopic (exact) mass is 498 g/mol. The van der Waals surface area contributed by atoms with E-state index in [1.165, 1.54) is 51.4 Å². The van der Waals surface area contributed by atoms with Crippen molar-refractivity contribution in [1.29, 1.82) is 0 Å². The Balaban J connectivity index is 1.35. The molecule has 5 aliphatic carbocycles. The van der Waals surface area contributed by atoms with Crippen LogP contribution in [-0.4, -0.2) is 23.1 Å². The van der Waals surface area contributed by atoms with Gasteiger partial charge in [-0.15, -0.1) is 0 Å². The van der Waals surface area contributed by atoms with Crippen molar-refractivity contribution >= 4 is 11.9 Å². The van der Waals surface area contributed by atoms with Crippen molar-refractivity contribution in [3.63, 3.8) is 0 Å². The summed E-state index contributed by atoms with van der Waals surface area (Å²) in [7, 11) is 0. The molecule has 36 heavy (non-hydrogen) atoms. The lowest BCUT2D eigenvalue weighted by atomic mass is 9.41. The van der Waals surface area contributed by atoms with Gasteiger partial charge in [-0.05, 0) is 123 Å². The first kappa shape index (κ1) is 26.3. The van der Waals surface area contributed by atoms with Crippen LogP contribution in [0.15, 0.2) is 11.6 Å². The molecule has 0 aromatic heterocycles. The number of hydrogen-bond donors (Lipinski definition) is 1. The molecule has 0 aromatic carbocycles. The summed E-state index contributed by atoms with van der Waals surface area (Å²) in [5, 5.41) is 9.20. The zero-order valence-electron chi connectivity index (χ0n) is 23.9. The molecule has 9 atom stereocenters. The van der Waals surface area contributed by atoms with E-state index in [-0.39, 0.29) is 17.5 Å². The molecule has 1 N–H and O–H groups in total. The first-order chi connectivity index (χ1) is 16.8. The second-order valence-electron chi connectivity index (χ2n) is 14.9. The number of aliphatic carboxylic acids is 1. The fourth-order valence-corrected chi connectivity index (χ4v) is 11.5. The Morgan fingerprint density at radius 3 is 2.25 bits per heavy atom. The standard InChI is InChI=1S/C32H50O4/c1-20(9-8-10-21(2)27(34)35)23-13-15-30(7)25-12-11-24-28(4,5)26(36-22(3)33)14-16-31(24)19-32(25,31)18-17-29(23,30)6/h10,20,23-26H,8-9,11-19H2,1-7H3,(H,34,35). The summed E-state index contributed by atoms with van der Waals surface area (Å²) in [6.45, 7) is 15.8. The average Bonchev–Trinajstić information content (AvgIpc) is 3.37. The van der Waals surface area contributed by atoms with Gasteiger partial charge in [0.15, 0.2) is 0 Å². The van der Waals surface area contributed by atoms with Crippen molar-refractivity contribution in [2.24, 2.45) is 50.7 Å². The van der Waals surface area contributed by atoms with Gasteiger partial charge >= 0.3 is 11.9 Å². The number of carbonyl (C=O) groups excluding carboxylic acids is 1. The Kier molecular flexibility index (Phi) is 6.09. The number of fused-ring (bicyclic) bond motifs is 2. The normalized spacial score (nSPS) is 47.6. The summed E-state index contributed by atoms with van der Waals surface area (Å²) in [4.78, 5) is 23.0. The van der Waals surface area contributed by atoms with Crippen LogP contribution in [0.1, 0.15) is 119 Å². The van der Waals surface area contributed by atoms with Crippen LogP contribution in [0.2, 0.25) is 0 Å². The van der Waals surface area contributed by atoms with E-state index in [1.54, 1.807) is 13.8 Å². The van der Waals surface area contributed by atoms with Gasteiger partial charge in [-0.25, -0.2) is 4.79 Å². The molecule has 5 fully saturated rings. The summed E-state index contributed by atoms with van der Waals surface area (Å²) in [5.41, 5.74) is 2.32. The van der Waals surface area contributed by atoms with Gasteiger partial charge < -0.3 is 9.84 Å². The number of ether oxygens (including phenoxy) is 1. The van der Waals surface area contributed by atoms with Crippen molar-refractivity contribution in [2.45, 2.75) is 125 Å². The van der Waals surface area contributed by atoms with Gasteiger partial charge in [-0.1, -0.05) is 40.7 Å². The number of rotatable bonds is 6. The molecule has 2 spiro atoms. The first-order valence-electron chi connectivity index (χ1n) is 14.8. The van der Waals surface area contributed by atoms with Crippen molar-refractivity contribution in [3.05, 3.63) is 11.6 Å². The van der Waals surface area contributed by atoms with Crippen molar-refractivity contribution in [2.75, 3.05) is 0 Å². The van der Waals surface area contributed by atoms with Gasteiger partial charge in [0, 0.05) is 17.9 Å². The van der Waals surface area contributed by atoms with Gasteiger partial charge in [0.2, 0.25) is 0 Å². The maximum atomic E-state index is 11.8. The van der Waals surface area contributed by atoms with E-state index in [9.17, 15) is 14.7 Å². The molecular weight excluding hydrogens is 448 g/mol. The predicted octanol–water partition coefficient (Wildman–Crippen LogP) is 7.80. The van der Waals surface area contributed by atoms with Crippen molar-refractivity contribution in [3.8, 4) is 0 Å². The van der Waals surface area contributed by atoms with Gasteiger partial charge in [-0.2, -0.15) is 0 Å². The van der Waals surface area contributed by atoms with E-state index in [2.05, 4.69) is 34.6 Å². The van der Waals surface area contributed by atoms with Crippen molar-refractivity contribution in [1.82, 2.24) is 0 Å². The minimum Gasteiger partial charge on any atom is -0.478 e. The summed E-state index contributed by atoms with van der Waals surface area (Å²) in [6, 6.07) is 0. The Morgan fingerprint density at radius 1 is 0.917 bits per heavy atom. The molecule has 0 aromatic rings. The van der Waals surface area contributed by atoms with E-state index in [4.69, 9.17) is 4.74 Å². The maximum Gasteiger partial charge on any atom is 0.330 e. The summed E-state index contributed by atoms with van der Waals surface area (Å²) >= 11 is 0. The van der Waals surface area contributed by atoms with Crippen LogP contribution in [0.25, 0.3) is 0 Å². The van der Waals surface area contributed by atoms with Crippen LogP contribution in [-0.2, 0) is 14.3 Å². The summed E-state index contributed by atoms with van der Waals surface area (Å²) in [5.74, 6) is 1.96. The molecule has 5 aliphatic rings. The zero-order chi connectivity index (χ0) is 26.3. The third kappa shape index (κ3) is 3.37. The number of carbonyl (C=O) groups is 2. The molecular formula is C32H50O4. The Morgan fingerprint density at radius 2 is 1.58 bits per heavy atom. The van der Waals surface area contributed by atoms with Gasteiger partial charge in [0.1, 0.15) is 6.10 Å². The van der Waals surface area contributed by atoms with Gasteiger partial charge in [0.25, 0.3) is 0 Å². The first-order valence-corrected chi connectivity index (χ1v) is 14.8. The molecule has 9 unspecified atom stereocenters. The molecule has 0 aliphatic heterocycles. The molecule has 5 saturated carbocycles. The Labute approximate surface area is 219 Å². The molecule has 5 rings (SSSR count). The van der Waals surface area contributed by atoms with Crippen LogP contribution < -0.4 is 0 Å². The average molecular weight is 499 g/mol. The fraction of sp³-hybridized carbons (Fsp3) is 0.875. The maximum absolute atomic E-state index is 11.8. The molecule has 0 saturated heterocycles. The lowest BCUT2D eigenvalue weighted by Crippen LogP contribution is -2.58. The van der Waals surface area contributed by atoms with Crippen LogP contribution in [0.3, 0.4) is 0 Å². The number of carboxylic acid groups (broad SMARTS) is 1. The van der Waals surface area contributed by atoms with Gasteiger partial charge in [0.05, 0.1) is 0 Å². The highest BCUT2D eigenvalue weighted by Crippen LogP contribution is 2.89. The molecule has 0 amide bonds. The summed E-state index contributed by atoms with van der Waals surface area (Å²) in [6.07, 6.45) is 15.7. The summed E-state index contributed by atoms with van der Waals surface area (Å²) < 4.78 is 5.88. The smallest absolute Gasteiger partial charge is 0.330 e. The van der Waals surface area contributed by atoms with Crippen LogP contribution in [0, 0.1) is 50.7 Å². The van der Waals surface area contributed by atoms with Crippen LogP contribution in [0.5, 0.6) is 0 Å². The predicted molar refractivity (Wildman–Crippen MR) is 142 cm³/mol. The number of allylic oxidation sites excluding steroid dienone is 1. The third-order valence-corrected chi connectivity index (χ3v) is 13.5. The van der Waals surface area contributed by atoms with Crippen molar-refractivity contribution < 1.29 is 19.4 Å². The zero-order valence-corrected chi connectivity index (χ0v) is 23.9. The Bertz CT molecular complexity index is 965. The van der Waals surface area contributed by atoms with Crippen LogP contribution in [0.4, 0.5) is 0 Å². The molecule has 0 bridgehead atoms. The third-order valence-electron chi connectivity index (χ3n) is 13.5. The quantitative estimate of drug-likeness (QED) is 0.300. The lowest BCUT2D eigenvalue weighted by Gasteiger charge is -2.63.